The fourth-order valence-corrected chi connectivity index (χ4v) is 2.04. The van der Waals surface area contributed by atoms with Gasteiger partial charge >= 0.3 is 0 Å². The highest BCUT2D eigenvalue weighted by molar-refractivity contribution is 5.85. The minimum absolute atomic E-state index is 0. The van der Waals surface area contributed by atoms with E-state index in [1.54, 1.807) is 0 Å². The average Bonchev–Trinajstić information content (AvgIpc) is 2.82. The molecule has 19 heavy (non-hydrogen) atoms. The van der Waals surface area contributed by atoms with Crippen LogP contribution in [0.25, 0.3) is 0 Å². The van der Waals surface area contributed by atoms with Crippen molar-refractivity contribution in [1.82, 2.24) is 10.6 Å². The lowest BCUT2D eigenvalue weighted by atomic mass is 10.2. The fraction of sp³-hybridized carbons (Fsp3) is 0.500. The van der Waals surface area contributed by atoms with E-state index in [0.29, 0.717) is 13.0 Å². The molecular formula is C14H21ClN2O2. The number of aryl methyl sites for hydroxylation is 1. The molecule has 0 aliphatic carbocycles. The molecule has 0 radical (unpaired) electrons. The van der Waals surface area contributed by atoms with Gasteiger partial charge < -0.3 is 15.4 Å². The molecule has 5 heteroatoms. The predicted molar refractivity (Wildman–Crippen MR) is 78.0 cm³/mol. The normalized spacial score (nSPS) is 17.6. The van der Waals surface area contributed by atoms with Crippen molar-refractivity contribution in [1.29, 1.82) is 0 Å². The van der Waals surface area contributed by atoms with Gasteiger partial charge in [0.25, 0.3) is 0 Å². The molecule has 2 rings (SSSR count). The number of carbonyl (C=O) groups excluding carboxylic acids is 1. The van der Waals surface area contributed by atoms with Gasteiger partial charge in [0.2, 0.25) is 5.91 Å². The summed E-state index contributed by atoms with van der Waals surface area (Å²) in [7, 11) is 0. The van der Waals surface area contributed by atoms with E-state index >= 15 is 0 Å². The van der Waals surface area contributed by atoms with Gasteiger partial charge in [0.05, 0.1) is 13.0 Å². The first-order valence-electron chi connectivity index (χ1n) is 6.43. The van der Waals surface area contributed by atoms with Gasteiger partial charge in [0.15, 0.2) is 0 Å². The third-order valence-electron chi connectivity index (χ3n) is 3.01. The molecule has 1 aromatic rings. The fourth-order valence-electron chi connectivity index (χ4n) is 2.04. The number of hydrogen-bond acceptors (Lipinski definition) is 3. The first kappa shape index (κ1) is 15.8. The maximum Gasteiger partial charge on any atom is 0.223 e. The highest BCUT2D eigenvalue weighted by Crippen LogP contribution is 2.12. The Kier molecular flexibility index (Phi) is 6.67. The Hall–Kier alpha value is -1.26. The van der Waals surface area contributed by atoms with Gasteiger partial charge in [-0.3, -0.25) is 4.79 Å². The summed E-state index contributed by atoms with van der Waals surface area (Å²) < 4.78 is 5.55. The molecule has 1 atom stereocenters. The van der Waals surface area contributed by atoms with Crippen LogP contribution in [0.4, 0.5) is 0 Å². The Morgan fingerprint density at radius 3 is 3.05 bits per heavy atom. The molecule has 0 spiro atoms. The monoisotopic (exact) mass is 284 g/mol. The molecule has 0 saturated carbocycles. The van der Waals surface area contributed by atoms with Gasteiger partial charge in [-0.25, -0.2) is 0 Å². The van der Waals surface area contributed by atoms with Gasteiger partial charge in [0.1, 0.15) is 5.75 Å². The lowest BCUT2D eigenvalue weighted by Crippen LogP contribution is -2.36. The molecule has 106 valence electrons. The number of ether oxygens (including phenoxy) is 1. The largest absolute Gasteiger partial charge is 0.493 e. The van der Waals surface area contributed by atoms with E-state index in [-0.39, 0.29) is 24.4 Å². The number of halogens is 1. The third kappa shape index (κ3) is 5.49. The van der Waals surface area contributed by atoms with E-state index in [2.05, 4.69) is 10.6 Å². The summed E-state index contributed by atoms with van der Waals surface area (Å²) in [4.78, 5) is 11.6. The van der Waals surface area contributed by atoms with E-state index in [1.807, 2.05) is 31.2 Å². The van der Waals surface area contributed by atoms with E-state index < -0.39 is 0 Å². The SMILES string of the molecule is Cc1cccc(OCCC(=O)NC2CCNC2)c1.Cl. The van der Waals surface area contributed by atoms with Crippen LogP contribution in [0, 0.1) is 6.92 Å². The second kappa shape index (κ2) is 8.02. The van der Waals surface area contributed by atoms with E-state index in [0.717, 1.165) is 30.8 Å². The summed E-state index contributed by atoms with van der Waals surface area (Å²) in [6.07, 6.45) is 1.43. The van der Waals surface area contributed by atoms with Crippen molar-refractivity contribution in [3.8, 4) is 5.75 Å². The van der Waals surface area contributed by atoms with Crippen molar-refractivity contribution in [3.05, 3.63) is 29.8 Å². The van der Waals surface area contributed by atoms with Crippen molar-refractivity contribution in [2.24, 2.45) is 0 Å². The smallest absolute Gasteiger partial charge is 0.223 e. The summed E-state index contributed by atoms with van der Waals surface area (Å²) in [6, 6.07) is 8.14. The topological polar surface area (TPSA) is 50.4 Å². The zero-order valence-electron chi connectivity index (χ0n) is 11.1. The molecule has 1 aliphatic rings. The van der Waals surface area contributed by atoms with Gasteiger partial charge in [0, 0.05) is 12.6 Å². The zero-order chi connectivity index (χ0) is 12.8. The van der Waals surface area contributed by atoms with Gasteiger partial charge in [-0.05, 0) is 37.6 Å². The Labute approximate surface area is 120 Å². The molecule has 1 aromatic carbocycles. The highest BCUT2D eigenvalue weighted by Gasteiger charge is 2.16. The zero-order valence-corrected chi connectivity index (χ0v) is 12.0. The summed E-state index contributed by atoms with van der Waals surface area (Å²) in [5, 5.41) is 6.21. The second-order valence-electron chi connectivity index (χ2n) is 4.67. The number of rotatable bonds is 5. The molecular weight excluding hydrogens is 264 g/mol. The first-order chi connectivity index (χ1) is 8.74. The van der Waals surface area contributed by atoms with Crippen LogP contribution in [0.3, 0.4) is 0 Å². The van der Waals surface area contributed by atoms with Crippen LogP contribution in [0.1, 0.15) is 18.4 Å². The van der Waals surface area contributed by atoms with Crippen LogP contribution in [0.15, 0.2) is 24.3 Å². The van der Waals surface area contributed by atoms with Crippen LogP contribution in [-0.2, 0) is 4.79 Å². The maximum atomic E-state index is 11.6. The van der Waals surface area contributed by atoms with Crippen molar-refractivity contribution < 1.29 is 9.53 Å². The van der Waals surface area contributed by atoms with Crippen molar-refractivity contribution >= 4 is 18.3 Å². The minimum atomic E-state index is 0. The molecule has 2 N–H and O–H groups in total. The predicted octanol–water partition coefficient (Wildman–Crippen LogP) is 1.66. The summed E-state index contributed by atoms with van der Waals surface area (Å²) >= 11 is 0. The Bertz CT molecular complexity index is 406. The summed E-state index contributed by atoms with van der Waals surface area (Å²) in [5.41, 5.74) is 1.16. The molecule has 1 fully saturated rings. The molecule has 1 heterocycles. The molecule has 1 aliphatic heterocycles. The van der Waals surface area contributed by atoms with Crippen LogP contribution < -0.4 is 15.4 Å². The highest BCUT2D eigenvalue weighted by atomic mass is 35.5. The minimum Gasteiger partial charge on any atom is -0.493 e. The molecule has 4 nitrogen and oxygen atoms in total. The Morgan fingerprint density at radius 2 is 2.37 bits per heavy atom. The van der Waals surface area contributed by atoms with E-state index in [1.165, 1.54) is 0 Å². The van der Waals surface area contributed by atoms with E-state index in [4.69, 9.17) is 4.74 Å². The number of carbonyl (C=O) groups is 1. The van der Waals surface area contributed by atoms with Gasteiger partial charge in [-0.1, -0.05) is 12.1 Å². The van der Waals surface area contributed by atoms with Crippen molar-refractivity contribution in [2.45, 2.75) is 25.8 Å². The number of amides is 1. The second-order valence-corrected chi connectivity index (χ2v) is 4.67. The lowest BCUT2D eigenvalue weighted by Gasteiger charge is -2.11. The van der Waals surface area contributed by atoms with Gasteiger partial charge in [-0.15, -0.1) is 12.4 Å². The Balaban J connectivity index is 0.00000180. The number of nitrogens with one attached hydrogen (secondary N) is 2. The third-order valence-corrected chi connectivity index (χ3v) is 3.01. The lowest BCUT2D eigenvalue weighted by molar-refractivity contribution is -0.122. The van der Waals surface area contributed by atoms with Crippen LogP contribution in [0.2, 0.25) is 0 Å². The number of benzene rings is 1. The standard InChI is InChI=1S/C14H20N2O2.ClH/c1-11-3-2-4-13(9-11)18-8-6-14(17)16-12-5-7-15-10-12;/h2-4,9,12,15H,5-8,10H2,1H3,(H,16,17);1H. The first-order valence-corrected chi connectivity index (χ1v) is 6.43. The molecule has 1 saturated heterocycles. The van der Waals surface area contributed by atoms with Gasteiger partial charge in [-0.2, -0.15) is 0 Å². The van der Waals surface area contributed by atoms with Crippen LogP contribution >= 0.6 is 12.4 Å². The quantitative estimate of drug-likeness (QED) is 0.865. The summed E-state index contributed by atoms with van der Waals surface area (Å²) in [5.74, 6) is 0.890. The van der Waals surface area contributed by atoms with Crippen LogP contribution in [0.5, 0.6) is 5.75 Å². The molecule has 0 aromatic heterocycles. The molecule has 0 bridgehead atoms. The van der Waals surface area contributed by atoms with Crippen molar-refractivity contribution in [2.75, 3.05) is 19.7 Å². The average molecular weight is 285 g/mol. The molecule has 1 unspecified atom stereocenters. The molecule has 1 amide bonds. The van der Waals surface area contributed by atoms with Crippen molar-refractivity contribution in [3.63, 3.8) is 0 Å². The Morgan fingerprint density at radius 1 is 1.53 bits per heavy atom. The van der Waals surface area contributed by atoms with Crippen LogP contribution in [-0.4, -0.2) is 31.6 Å². The van der Waals surface area contributed by atoms with E-state index in [9.17, 15) is 4.79 Å². The number of hydrogen-bond donors (Lipinski definition) is 2. The summed E-state index contributed by atoms with van der Waals surface area (Å²) in [6.45, 7) is 4.32. The maximum absolute atomic E-state index is 11.6.